The van der Waals surface area contributed by atoms with E-state index < -0.39 is 0 Å². The summed E-state index contributed by atoms with van der Waals surface area (Å²) in [6.45, 7) is 18.9. The summed E-state index contributed by atoms with van der Waals surface area (Å²) >= 11 is 0. The van der Waals surface area contributed by atoms with Gasteiger partial charge in [-0.05, 0) is 86.0 Å². The predicted octanol–water partition coefficient (Wildman–Crippen LogP) is 9.78. The van der Waals surface area contributed by atoms with Crippen molar-refractivity contribution in [3.63, 3.8) is 0 Å². The third-order valence-electron chi connectivity index (χ3n) is 8.15. The Morgan fingerprint density at radius 3 is 2.16 bits per heavy atom. The van der Waals surface area contributed by atoms with Gasteiger partial charge in [-0.2, -0.15) is 0 Å². The zero-order chi connectivity index (χ0) is 28.8. The predicted molar refractivity (Wildman–Crippen MR) is 162 cm³/mol. The molecule has 0 saturated heterocycles. The number of aryl methyl sites for hydroxylation is 1. The summed E-state index contributed by atoms with van der Waals surface area (Å²) in [5.41, 5.74) is 6.19. The molecule has 0 aromatic heterocycles. The first-order valence-corrected chi connectivity index (χ1v) is 15.8. The van der Waals surface area contributed by atoms with Gasteiger partial charge in [-0.15, -0.1) is 0 Å². The second-order valence-electron chi connectivity index (χ2n) is 12.1. The Bertz CT molecular complexity index is 895. The van der Waals surface area contributed by atoms with Crippen LogP contribution in [0.5, 0.6) is 0 Å². The van der Waals surface area contributed by atoms with E-state index in [1.165, 1.54) is 61.3 Å². The van der Waals surface area contributed by atoms with Crippen molar-refractivity contribution in [2.45, 2.75) is 152 Å². The van der Waals surface area contributed by atoms with Gasteiger partial charge in [0.25, 0.3) is 0 Å². The molecule has 1 aliphatic carbocycles. The lowest BCUT2D eigenvalue weighted by Crippen LogP contribution is -2.30. The van der Waals surface area contributed by atoms with Crippen LogP contribution in [0.15, 0.2) is 6.07 Å². The molecule has 3 atom stereocenters. The van der Waals surface area contributed by atoms with E-state index >= 15 is 0 Å². The molecular formula is C35H58O3. The largest absolute Gasteiger partial charge is 0.300 e. The van der Waals surface area contributed by atoms with Gasteiger partial charge >= 0.3 is 0 Å². The summed E-state index contributed by atoms with van der Waals surface area (Å²) < 4.78 is 0. The quantitative estimate of drug-likeness (QED) is 0.169. The molecule has 0 fully saturated rings. The summed E-state index contributed by atoms with van der Waals surface area (Å²) in [7, 11) is 0. The van der Waals surface area contributed by atoms with Gasteiger partial charge in [0.05, 0.1) is 6.42 Å². The molecular weight excluding hydrogens is 468 g/mol. The van der Waals surface area contributed by atoms with E-state index in [0.717, 1.165) is 44.1 Å². The molecule has 0 amide bonds. The minimum absolute atomic E-state index is 0.0445. The maximum atomic E-state index is 13.6. The molecule has 0 aliphatic heterocycles. The second-order valence-corrected chi connectivity index (χ2v) is 12.1. The van der Waals surface area contributed by atoms with Gasteiger partial charge in [0.1, 0.15) is 11.6 Å². The Hall–Kier alpha value is -1.77. The Kier molecular flexibility index (Phi) is 16.0. The number of benzene rings is 1. The number of rotatable bonds is 15. The highest BCUT2D eigenvalue weighted by molar-refractivity contribution is 6.01. The molecule has 1 aliphatic rings. The van der Waals surface area contributed by atoms with Crippen LogP contribution in [0.4, 0.5) is 0 Å². The number of ketones is 3. The van der Waals surface area contributed by atoms with Crippen LogP contribution in [0, 0.1) is 24.7 Å². The number of hydrogen-bond acceptors (Lipinski definition) is 3. The number of Topliss-reactive ketones (excluding diaryl/α,β-unsaturated/α-hetero) is 3. The van der Waals surface area contributed by atoms with E-state index in [-0.39, 0.29) is 35.7 Å². The highest BCUT2D eigenvalue weighted by atomic mass is 16.1. The number of unbranched alkanes of at least 4 members (excludes halogenated alkanes) is 3. The normalized spacial score (nSPS) is 16.5. The molecule has 1 aromatic carbocycles. The van der Waals surface area contributed by atoms with Crippen LogP contribution in [-0.4, -0.2) is 17.3 Å². The zero-order valence-corrected chi connectivity index (χ0v) is 26.3. The molecule has 0 N–H and O–H groups in total. The standard InChI is InChI=1S/C32H50O3.C3H8/c1-8-11-12-13-15-25-20-28(21(4)5)29-18-24(19-31(35)32(29)23(25)7)17-26(14-9-2)27(10-3)30(34)16-22(6)33;1-3-2/h20-21,24,26-27H,8-19H2,1-7H3;3H2,1-2H3. The molecule has 2 rings (SSSR count). The lowest BCUT2D eigenvalue weighted by molar-refractivity contribution is -0.129. The molecule has 38 heavy (non-hydrogen) atoms. The highest BCUT2D eigenvalue weighted by Crippen LogP contribution is 2.40. The first-order chi connectivity index (χ1) is 18.1. The summed E-state index contributed by atoms with van der Waals surface area (Å²) in [6, 6.07) is 2.40. The number of carbonyl (C=O) groups excluding carboxylic acids is 3. The van der Waals surface area contributed by atoms with Gasteiger partial charge in [-0.1, -0.05) is 93.1 Å². The summed E-state index contributed by atoms with van der Waals surface area (Å²) in [6.07, 6.45) is 12.5. The molecule has 0 bridgehead atoms. The Morgan fingerprint density at radius 1 is 0.974 bits per heavy atom. The third-order valence-corrected chi connectivity index (χ3v) is 8.15. The molecule has 3 heteroatoms. The fraction of sp³-hybridized carbons (Fsp3) is 0.743. The Balaban J connectivity index is 0.00000229. The van der Waals surface area contributed by atoms with E-state index in [0.29, 0.717) is 18.1 Å². The van der Waals surface area contributed by atoms with E-state index in [1.54, 1.807) is 0 Å². The van der Waals surface area contributed by atoms with Crippen LogP contribution < -0.4 is 0 Å². The van der Waals surface area contributed by atoms with Crippen molar-refractivity contribution in [1.82, 2.24) is 0 Å². The fourth-order valence-corrected chi connectivity index (χ4v) is 6.40. The minimum atomic E-state index is -0.0767. The molecule has 3 nitrogen and oxygen atoms in total. The maximum Gasteiger partial charge on any atom is 0.163 e. The summed E-state index contributed by atoms with van der Waals surface area (Å²) in [5, 5.41) is 0. The van der Waals surface area contributed by atoms with Gasteiger partial charge in [0.2, 0.25) is 0 Å². The van der Waals surface area contributed by atoms with E-state index in [2.05, 4.69) is 61.5 Å². The second kappa shape index (κ2) is 17.7. The molecule has 3 unspecified atom stereocenters. The minimum Gasteiger partial charge on any atom is -0.300 e. The average Bonchev–Trinajstić information content (AvgIpc) is 2.83. The average molecular weight is 527 g/mol. The number of fused-ring (bicyclic) bond motifs is 1. The molecule has 1 aromatic rings. The van der Waals surface area contributed by atoms with Gasteiger partial charge in [-0.25, -0.2) is 0 Å². The van der Waals surface area contributed by atoms with Gasteiger partial charge in [0, 0.05) is 17.9 Å². The summed E-state index contributed by atoms with van der Waals surface area (Å²) in [4.78, 5) is 38.1. The number of carbonyl (C=O) groups is 3. The fourth-order valence-electron chi connectivity index (χ4n) is 6.40. The molecule has 216 valence electrons. The van der Waals surface area contributed by atoms with Crippen LogP contribution in [0.25, 0.3) is 0 Å². The van der Waals surface area contributed by atoms with Crippen LogP contribution in [0.1, 0.15) is 165 Å². The zero-order valence-electron chi connectivity index (χ0n) is 26.3. The van der Waals surface area contributed by atoms with Crippen LogP contribution >= 0.6 is 0 Å². The van der Waals surface area contributed by atoms with E-state index in [4.69, 9.17) is 0 Å². The number of hydrogen-bond donors (Lipinski definition) is 0. The van der Waals surface area contributed by atoms with Crippen molar-refractivity contribution in [2.24, 2.45) is 17.8 Å². The van der Waals surface area contributed by atoms with Gasteiger partial charge in [0.15, 0.2) is 5.78 Å². The van der Waals surface area contributed by atoms with Crippen LogP contribution in [-0.2, 0) is 22.4 Å². The molecule has 0 spiro atoms. The monoisotopic (exact) mass is 526 g/mol. The Morgan fingerprint density at radius 2 is 1.63 bits per heavy atom. The summed E-state index contributed by atoms with van der Waals surface area (Å²) in [5.74, 6) is 1.17. The van der Waals surface area contributed by atoms with Crippen LogP contribution in [0.2, 0.25) is 0 Å². The molecule has 0 saturated carbocycles. The molecule has 0 heterocycles. The third kappa shape index (κ3) is 10.1. The SMILES string of the molecule is CCC.CCCCCCc1cc(C(C)C)c2c(c1C)C(=O)CC(CC(CCC)C(CC)C(=O)CC(C)=O)C2. The first-order valence-electron chi connectivity index (χ1n) is 15.8. The van der Waals surface area contributed by atoms with Crippen molar-refractivity contribution >= 4 is 17.3 Å². The van der Waals surface area contributed by atoms with Crippen molar-refractivity contribution < 1.29 is 14.4 Å². The lowest BCUT2D eigenvalue weighted by Gasteiger charge is -2.33. The van der Waals surface area contributed by atoms with E-state index in [9.17, 15) is 14.4 Å². The van der Waals surface area contributed by atoms with Crippen molar-refractivity contribution in [2.75, 3.05) is 0 Å². The smallest absolute Gasteiger partial charge is 0.163 e. The molecule has 0 radical (unpaired) electrons. The lowest BCUT2D eigenvalue weighted by atomic mass is 9.70. The van der Waals surface area contributed by atoms with Gasteiger partial charge < -0.3 is 0 Å². The Labute approximate surface area is 234 Å². The van der Waals surface area contributed by atoms with E-state index in [1.807, 2.05) is 0 Å². The first kappa shape index (κ1) is 34.3. The van der Waals surface area contributed by atoms with Gasteiger partial charge in [-0.3, -0.25) is 14.4 Å². The topological polar surface area (TPSA) is 51.2 Å². The van der Waals surface area contributed by atoms with Crippen molar-refractivity contribution in [1.29, 1.82) is 0 Å². The van der Waals surface area contributed by atoms with Crippen molar-refractivity contribution in [3.8, 4) is 0 Å². The van der Waals surface area contributed by atoms with Crippen molar-refractivity contribution in [3.05, 3.63) is 33.9 Å². The highest BCUT2D eigenvalue weighted by Gasteiger charge is 2.34. The van der Waals surface area contributed by atoms with Crippen LogP contribution in [0.3, 0.4) is 0 Å². The maximum absolute atomic E-state index is 13.6.